The number of carbonyl (C=O) groups is 2. The number of amides is 2. The molecule has 0 radical (unpaired) electrons. The van der Waals surface area contributed by atoms with Gasteiger partial charge in [-0.2, -0.15) is 0 Å². The van der Waals surface area contributed by atoms with E-state index < -0.39 is 6.04 Å². The minimum Gasteiger partial charge on any atom is -0.356 e. The first-order chi connectivity index (χ1) is 8.54. The molecule has 0 bridgehead atoms. The van der Waals surface area contributed by atoms with Gasteiger partial charge in [0.15, 0.2) is 0 Å². The van der Waals surface area contributed by atoms with Gasteiger partial charge in [-0.3, -0.25) is 9.59 Å². The summed E-state index contributed by atoms with van der Waals surface area (Å²) in [7, 11) is 0. The van der Waals surface area contributed by atoms with E-state index in [1.165, 1.54) is 0 Å². The molecule has 0 aromatic rings. The lowest BCUT2D eigenvalue weighted by Gasteiger charge is -2.33. The van der Waals surface area contributed by atoms with E-state index in [-0.39, 0.29) is 24.2 Å². The summed E-state index contributed by atoms with van der Waals surface area (Å²) < 4.78 is 0. The molecule has 1 unspecified atom stereocenters. The number of nitrogens with zero attached hydrogens (tertiary/aromatic N) is 1. The van der Waals surface area contributed by atoms with E-state index in [2.05, 4.69) is 5.32 Å². The number of piperidine rings is 1. The Morgan fingerprint density at radius 2 is 2.16 bits per heavy atom. The van der Waals surface area contributed by atoms with Crippen molar-refractivity contribution in [2.45, 2.75) is 45.6 Å². The van der Waals surface area contributed by atoms with E-state index in [0.717, 1.165) is 25.8 Å². The van der Waals surface area contributed by atoms with Crippen molar-refractivity contribution in [1.82, 2.24) is 10.2 Å². The Morgan fingerprint density at radius 3 is 2.74 bits per heavy atom. The van der Waals surface area contributed by atoms with Crippen molar-refractivity contribution in [2.75, 3.05) is 19.6 Å². The highest BCUT2D eigenvalue weighted by molar-refractivity contribution is 5.85. The molecule has 5 nitrogen and oxygen atoms in total. The molecule has 112 valence electrons. The molecule has 0 aromatic heterocycles. The highest BCUT2D eigenvalue weighted by Crippen LogP contribution is 2.16. The van der Waals surface area contributed by atoms with Crippen LogP contribution in [-0.2, 0) is 9.59 Å². The first kappa shape index (κ1) is 18.2. The summed E-state index contributed by atoms with van der Waals surface area (Å²) in [5, 5.41) is 2.93. The van der Waals surface area contributed by atoms with Crippen LogP contribution in [0, 0.1) is 5.92 Å². The summed E-state index contributed by atoms with van der Waals surface area (Å²) in [6, 6.07) is -0.432. The normalized spacial score (nSPS) is 20.4. The van der Waals surface area contributed by atoms with Crippen molar-refractivity contribution in [1.29, 1.82) is 0 Å². The van der Waals surface area contributed by atoms with Gasteiger partial charge >= 0.3 is 0 Å². The minimum atomic E-state index is -0.432. The van der Waals surface area contributed by atoms with Gasteiger partial charge in [-0.25, -0.2) is 0 Å². The molecule has 2 atom stereocenters. The predicted molar refractivity (Wildman–Crippen MR) is 78.1 cm³/mol. The summed E-state index contributed by atoms with van der Waals surface area (Å²) in [6.07, 6.45) is 3.50. The summed E-state index contributed by atoms with van der Waals surface area (Å²) >= 11 is 0. The zero-order chi connectivity index (χ0) is 13.5. The molecule has 1 aliphatic rings. The number of carbonyl (C=O) groups excluding carboxylic acids is 2. The van der Waals surface area contributed by atoms with Crippen LogP contribution >= 0.6 is 12.4 Å². The Kier molecular flexibility index (Phi) is 8.76. The van der Waals surface area contributed by atoms with Crippen LogP contribution in [0.25, 0.3) is 0 Å². The molecule has 3 N–H and O–H groups in total. The number of hydrogen-bond acceptors (Lipinski definition) is 3. The quantitative estimate of drug-likeness (QED) is 0.790. The third kappa shape index (κ3) is 6.25. The van der Waals surface area contributed by atoms with Gasteiger partial charge in [0.2, 0.25) is 11.8 Å². The van der Waals surface area contributed by atoms with Crippen LogP contribution in [0.1, 0.15) is 39.5 Å². The van der Waals surface area contributed by atoms with E-state index >= 15 is 0 Å². The monoisotopic (exact) mass is 291 g/mol. The van der Waals surface area contributed by atoms with Gasteiger partial charge in [-0.1, -0.05) is 6.92 Å². The summed E-state index contributed by atoms with van der Waals surface area (Å²) in [5.41, 5.74) is 5.61. The van der Waals surface area contributed by atoms with Gasteiger partial charge in [0, 0.05) is 26.1 Å². The molecule has 1 aliphatic heterocycles. The van der Waals surface area contributed by atoms with Gasteiger partial charge in [0.05, 0.1) is 6.04 Å². The number of likely N-dealkylation sites (tertiary alicyclic amines) is 1. The Morgan fingerprint density at radius 1 is 1.47 bits per heavy atom. The number of hydrogen-bond donors (Lipinski definition) is 2. The van der Waals surface area contributed by atoms with Crippen LogP contribution in [-0.4, -0.2) is 42.4 Å². The molecule has 2 amide bonds. The maximum atomic E-state index is 11.8. The molecule has 0 aromatic carbocycles. The van der Waals surface area contributed by atoms with Crippen molar-refractivity contribution in [3.05, 3.63) is 0 Å². The topological polar surface area (TPSA) is 75.4 Å². The molecule has 0 aliphatic carbocycles. The lowest BCUT2D eigenvalue weighted by Crippen LogP contribution is -2.48. The maximum Gasteiger partial charge on any atom is 0.239 e. The molecular weight excluding hydrogens is 266 g/mol. The fourth-order valence-corrected chi connectivity index (χ4v) is 2.29. The maximum absolute atomic E-state index is 11.8. The third-order valence-corrected chi connectivity index (χ3v) is 3.29. The summed E-state index contributed by atoms with van der Waals surface area (Å²) in [6.45, 7) is 5.88. The predicted octanol–water partition coefficient (Wildman–Crippen LogP) is 0.910. The highest BCUT2D eigenvalue weighted by Gasteiger charge is 2.25. The highest BCUT2D eigenvalue weighted by atomic mass is 35.5. The molecule has 0 spiro atoms. The van der Waals surface area contributed by atoms with Crippen LogP contribution < -0.4 is 11.1 Å². The lowest BCUT2D eigenvalue weighted by atomic mass is 9.97. The molecule has 1 fully saturated rings. The number of halogens is 1. The molecule has 6 heteroatoms. The molecule has 1 rings (SSSR count). The summed E-state index contributed by atoms with van der Waals surface area (Å²) in [5.74, 6) is 0.481. The zero-order valence-corrected chi connectivity index (χ0v) is 12.7. The van der Waals surface area contributed by atoms with Gasteiger partial charge in [0.25, 0.3) is 0 Å². The second kappa shape index (κ2) is 9.15. The fraction of sp³-hybridized carbons (Fsp3) is 0.846. The smallest absolute Gasteiger partial charge is 0.239 e. The van der Waals surface area contributed by atoms with Gasteiger partial charge in [-0.05, 0) is 32.1 Å². The van der Waals surface area contributed by atoms with Crippen LogP contribution in [0.15, 0.2) is 0 Å². The molecule has 19 heavy (non-hydrogen) atoms. The Balaban J connectivity index is 0.00000324. The SMILES string of the molecule is CCCC(=O)NCC1CCCN(C(=O)[C@@H](C)N)C1.Cl. The average Bonchev–Trinajstić information content (AvgIpc) is 2.36. The van der Waals surface area contributed by atoms with Crippen LogP contribution in [0.5, 0.6) is 0 Å². The second-order valence-corrected chi connectivity index (χ2v) is 5.14. The summed E-state index contributed by atoms with van der Waals surface area (Å²) in [4.78, 5) is 25.0. The van der Waals surface area contributed by atoms with Crippen LogP contribution in [0.2, 0.25) is 0 Å². The average molecular weight is 292 g/mol. The Labute approximate surface area is 121 Å². The lowest BCUT2D eigenvalue weighted by molar-refractivity contribution is -0.134. The minimum absolute atomic E-state index is 0. The Bertz CT molecular complexity index is 298. The third-order valence-electron chi connectivity index (χ3n) is 3.29. The van der Waals surface area contributed by atoms with Gasteiger partial charge in [0.1, 0.15) is 0 Å². The molecule has 1 heterocycles. The van der Waals surface area contributed by atoms with E-state index in [0.29, 0.717) is 25.4 Å². The van der Waals surface area contributed by atoms with Gasteiger partial charge in [-0.15, -0.1) is 12.4 Å². The van der Waals surface area contributed by atoms with Crippen molar-refractivity contribution in [2.24, 2.45) is 11.7 Å². The molecule has 1 saturated heterocycles. The zero-order valence-electron chi connectivity index (χ0n) is 11.9. The number of nitrogens with one attached hydrogen (secondary N) is 1. The van der Waals surface area contributed by atoms with Crippen molar-refractivity contribution in [3.8, 4) is 0 Å². The number of rotatable bonds is 5. The van der Waals surface area contributed by atoms with Crippen LogP contribution in [0.4, 0.5) is 0 Å². The van der Waals surface area contributed by atoms with E-state index in [1.807, 2.05) is 11.8 Å². The van der Waals surface area contributed by atoms with Crippen molar-refractivity contribution in [3.63, 3.8) is 0 Å². The Hall–Kier alpha value is -0.810. The standard InChI is InChI=1S/C13H25N3O2.ClH/c1-3-5-12(17)15-8-11-6-4-7-16(9-11)13(18)10(2)14;/h10-11H,3-9,14H2,1-2H3,(H,15,17);1H/t10-,11?;/m1./s1. The first-order valence-electron chi connectivity index (χ1n) is 6.85. The van der Waals surface area contributed by atoms with E-state index in [9.17, 15) is 9.59 Å². The number of nitrogens with two attached hydrogens (primary N) is 1. The van der Waals surface area contributed by atoms with Crippen LogP contribution in [0.3, 0.4) is 0 Å². The molecular formula is C13H26ClN3O2. The first-order valence-corrected chi connectivity index (χ1v) is 6.85. The van der Waals surface area contributed by atoms with E-state index in [4.69, 9.17) is 5.73 Å². The second-order valence-electron chi connectivity index (χ2n) is 5.14. The van der Waals surface area contributed by atoms with E-state index in [1.54, 1.807) is 6.92 Å². The van der Waals surface area contributed by atoms with Crippen molar-refractivity contribution >= 4 is 24.2 Å². The molecule has 0 saturated carbocycles. The fourth-order valence-electron chi connectivity index (χ4n) is 2.29. The van der Waals surface area contributed by atoms with Crippen molar-refractivity contribution < 1.29 is 9.59 Å². The largest absolute Gasteiger partial charge is 0.356 e. The van der Waals surface area contributed by atoms with Gasteiger partial charge < -0.3 is 16.0 Å².